The minimum atomic E-state index is -0.531. The lowest BCUT2D eigenvalue weighted by atomic mass is 10.1. The first-order valence-corrected chi connectivity index (χ1v) is 4.88. The topological polar surface area (TPSA) is 46.3 Å². The van der Waals surface area contributed by atoms with E-state index in [2.05, 4.69) is 5.92 Å². The number of nitrogen functional groups attached to an aromatic ring is 1. The molecule has 0 saturated carbocycles. The fourth-order valence-corrected chi connectivity index (χ4v) is 1.30. The van der Waals surface area contributed by atoms with E-state index in [0.717, 1.165) is 0 Å². The smallest absolute Gasteiger partial charge is 0.254 e. The number of hydrogen-bond donors (Lipinski definition) is 1. The number of halogens is 1. The predicted octanol–water partition coefficient (Wildman–Crippen LogP) is 1.50. The normalized spacial score (nSPS) is 9.56. The molecule has 84 valence electrons. The van der Waals surface area contributed by atoms with Crippen LogP contribution in [0.2, 0.25) is 0 Å². The Bertz CT molecular complexity index is 437. The van der Waals surface area contributed by atoms with Gasteiger partial charge in [0.05, 0.1) is 12.2 Å². The first-order chi connectivity index (χ1) is 7.60. The molecule has 0 aliphatic rings. The maximum Gasteiger partial charge on any atom is 0.254 e. The van der Waals surface area contributed by atoms with Gasteiger partial charge in [-0.3, -0.25) is 4.79 Å². The average molecular weight is 220 g/mol. The minimum Gasteiger partial charge on any atom is -0.396 e. The Morgan fingerprint density at radius 3 is 2.81 bits per heavy atom. The molecule has 0 fully saturated rings. The van der Waals surface area contributed by atoms with E-state index >= 15 is 0 Å². The van der Waals surface area contributed by atoms with Crippen LogP contribution in [0.15, 0.2) is 18.2 Å². The number of carbonyl (C=O) groups excluding carboxylic acids is 1. The number of anilines is 1. The lowest BCUT2D eigenvalue weighted by molar-refractivity contribution is 0.0785. The molecule has 0 aliphatic carbocycles. The molecule has 0 unspecified atom stereocenters. The lowest BCUT2D eigenvalue weighted by Crippen LogP contribution is -2.31. The van der Waals surface area contributed by atoms with Gasteiger partial charge in [0, 0.05) is 12.1 Å². The highest BCUT2D eigenvalue weighted by molar-refractivity contribution is 5.95. The monoisotopic (exact) mass is 220 g/mol. The zero-order valence-electron chi connectivity index (χ0n) is 9.03. The second-order valence-corrected chi connectivity index (χ2v) is 3.26. The third-order valence-corrected chi connectivity index (χ3v) is 2.19. The Morgan fingerprint density at radius 2 is 2.31 bits per heavy atom. The summed E-state index contributed by atoms with van der Waals surface area (Å²) in [6, 6.07) is 3.89. The lowest BCUT2D eigenvalue weighted by Gasteiger charge is -2.18. The van der Waals surface area contributed by atoms with Crippen LogP contribution in [0.1, 0.15) is 17.3 Å². The maximum atomic E-state index is 12.9. The molecule has 0 aromatic heterocycles. The van der Waals surface area contributed by atoms with E-state index < -0.39 is 5.82 Å². The third kappa shape index (κ3) is 2.51. The van der Waals surface area contributed by atoms with Gasteiger partial charge in [-0.2, -0.15) is 0 Å². The van der Waals surface area contributed by atoms with Crippen LogP contribution in [0, 0.1) is 18.2 Å². The summed E-state index contributed by atoms with van der Waals surface area (Å²) in [7, 11) is 0. The molecule has 0 bridgehead atoms. The first-order valence-electron chi connectivity index (χ1n) is 4.88. The molecule has 1 aromatic carbocycles. The van der Waals surface area contributed by atoms with Gasteiger partial charge in [-0.05, 0) is 25.1 Å². The van der Waals surface area contributed by atoms with Crippen molar-refractivity contribution in [1.29, 1.82) is 0 Å². The summed E-state index contributed by atoms with van der Waals surface area (Å²) >= 11 is 0. The van der Waals surface area contributed by atoms with Crippen molar-refractivity contribution >= 4 is 11.6 Å². The van der Waals surface area contributed by atoms with Crippen molar-refractivity contribution in [2.24, 2.45) is 0 Å². The molecule has 16 heavy (non-hydrogen) atoms. The van der Waals surface area contributed by atoms with E-state index in [4.69, 9.17) is 12.2 Å². The maximum absolute atomic E-state index is 12.9. The average Bonchev–Trinajstić information content (AvgIpc) is 2.28. The Balaban J connectivity index is 2.95. The zero-order valence-corrected chi connectivity index (χ0v) is 9.03. The van der Waals surface area contributed by atoms with Crippen LogP contribution in [-0.2, 0) is 0 Å². The molecular weight excluding hydrogens is 207 g/mol. The van der Waals surface area contributed by atoms with E-state index in [9.17, 15) is 9.18 Å². The molecule has 0 aliphatic heterocycles. The fraction of sp³-hybridized carbons (Fsp3) is 0.250. The molecule has 0 heterocycles. The summed E-state index contributed by atoms with van der Waals surface area (Å²) in [6.45, 7) is 2.55. The number of hydrogen-bond acceptors (Lipinski definition) is 2. The van der Waals surface area contributed by atoms with Crippen LogP contribution < -0.4 is 5.73 Å². The second-order valence-electron chi connectivity index (χ2n) is 3.26. The van der Waals surface area contributed by atoms with Crippen molar-refractivity contribution < 1.29 is 9.18 Å². The Morgan fingerprint density at radius 1 is 1.62 bits per heavy atom. The van der Waals surface area contributed by atoms with Crippen LogP contribution in [-0.4, -0.2) is 23.9 Å². The number of nitrogens with zero attached hydrogens (tertiary/aromatic N) is 1. The van der Waals surface area contributed by atoms with E-state index in [1.807, 2.05) is 6.92 Å². The second kappa shape index (κ2) is 5.17. The van der Waals surface area contributed by atoms with Crippen molar-refractivity contribution in [3.63, 3.8) is 0 Å². The molecule has 1 rings (SSSR count). The third-order valence-electron chi connectivity index (χ3n) is 2.19. The summed E-state index contributed by atoms with van der Waals surface area (Å²) in [6.07, 6.45) is 5.15. The number of amides is 1. The van der Waals surface area contributed by atoms with E-state index in [1.165, 1.54) is 23.1 Å². The summed E-state index contributed by atoms with van der Waals surface area (Å²) in [5.74, 6) is 1.62. The summed E-state index contributed by atoms with van der Waals surface area (Å²) < 4.78 is 12.9. The van der Waals surface area contributed by atoms with Gasteiger partial charge in [-0.15, -0.1) is 6.42 Å². The van der Waals surface area contributed by atoms with Gasteiger partial charge in [0.15, 0.2) is 0 Å². The van der Waals surface area contributed by atoms with Crippen LogP contribution in [0.25, 0.3) is 0 Å². The van der Waals surface area contributed by atoms with E-state index in [1.54, 1.807) is 0 Å². The molecule has 0 atom stereocenters. The number of benzene rings is 1. The number of nitrogens with two attached hydrogens (primary N) is 1. The number of rotatable bonds is 3. The highest BCUT2D eigenvalue weighted by Crippen LogP contribution is 2.13. The Kier molecular flexibility index (Phi) is 3.90. The molecule has 4 heteroatoms. The van der Waals surface area contributed by atoms with Crippen LogP contribution in [0.3, 0.4) is 0 Å². The Hall–Kier alpha value is -2.02. The quantitative estimate of drug-likeness (QED) is 0.620. The molecule has 1 amide bonds. The van der Waals surface area contributed by atoms with Gasteiger partial charge in [-0.25, -0.2) is 4.39 Å². The van der Waals surface area contributed by atoms with Gasteiger partial charge in [0.1, 0.15) is 5.82 Å². The van der Waals surface area contributed by atoms with Gasteiger partial charge in [-0.1, -0.05) is 5.92 Å². The SMILES string of the molecule is C#CCN(CC)C(=O)c1ccc(F)c(N)c1. The number of carbonyl (C=O) groups is 1. The Labute approximate surface area is 94.0 Å². The largest absolute Gasteiger partial charge is 0.396 e. The van der Waals surface area contributed by atoms with Gasteiger partial charge in [0.2, 0.25) is 0 Å². The van der Waals surface area contributed by atoms with E-state index in [-0.39, 0.29) is 18.1 Å². The zero-order chi connectivity index (χ0) is 12.1. The predicted molar refractivity (Wildman–Crippen MR) is 61.2 cm³/mol. The van der Waals surface area contributed by atoms with E-state index in [0.29, 0.717) is 12.1 Å². The van der Waals surface area contributed by atoms with Gasteiger partial charge in [0.25, 0.3) is 5.91 Å². The van der Waals surface area contributed by atoms with Crippen molar-refractivity contribution in [1.82, 2.24) is 4.90 Å². The molecule has 0 radical (unpaired) electrons. The van der Waals surface area contributed by atoms with Crippen LogP contribution >= 0.6 is 0 Å². The van der Waals surface area contributed by atoms with Crippen LogP contribution in [0.5, 0.6) is 0 Å². The highest BCUT2D eigenvalue weighted by atomic mass is 19.1. The summed E-state index contributed by atoms with van der Waals surface area (Å²) in [5.41, 5.74) is 5.69. The van der Waals surface area contributed by atoms with Gasteiger partial charge < -0.3 is 10.6 Å². The van der Waals surface area contributed by atoms with Crippen molar-refractivity contribution in [2.75, 3.05) is 18.8 Å². The molecule has 0 spiro atoms. The molecule has 0 saturated heterocycles. The molecular formula is C12H13FN2O. The fourth-order valence-electron chi connectivity index (χ4n) is 1.30. The van der Waals surface area contributed by atoms with Gasteiger partial charge >= 0.3 is 0 Å². The molecule has 2 N–H and O–H groups in total. The van der Waals surface area contributed by atoms with Crippen molar-refractivity contribution in [2.45, 2.75) is 6.92 Å². The highest BCUT2D eigenvalue weighted by Gasteiger charge is 2.14. The van der Waals surface area contributed by atoms with Crippen LogP contribution in [0.4, 0.5) is 10.1 Å². The van der Waals surface area contributed by atoms with Crippen molar-refractivity contribution in [3.05, 3.63) is 29.6 Å². The molecule has 3 nitrogen and oxygen atoms in total. The van der Waals surface area contributed by atoms with Crippen molar-refractivity contribution in [3.8, 4) is 12.3 Å². The molecule has 1 aromatic rings. The first kappa shape index (κ1) is 12.1. The minimum absolute atomic E-state index is 0.0392. The number of terminal acetylenes is 1. The standard InChI is InChI=1S/C12H13FN2O/c1-3-7-15(4-2)12(16)9-5-6-10(13)11(14)8-9/h1,5-6,8H,4,7,14H2,2H3. The summed E-state index contributed by atoms with van der Waals surface area (Å²) in [5, 5.41) is 0. The summed E-state index contributed by atoms with van der Waals surface area (Å²) in [4.78, 5) is 13.4.